The predicted octanol–water partition coefficient (Wildman–Crippen LogP) is 2.02. The van der Waals surface area contributed by atoms with E-state index in [9.17, 15) is 0 Å². The van der Waals surface area contributed by atoms with Crippen molar-refractivity contribution in [2.75, 3.05) is 13.1 Å². The third-order valence-corrected chi connectivity index (χ3v) is 3.29. The number of nitrogens with two attached hydrogens (primary N) is 1. The predicted molar refractivity (Wildman–Crippen MR) is 68.0 cm³/mol. The largest absolute Gasteiger partial charge is 0.326 e. The van der Waals surface area contributed by atoms with Gasteiger partial charge in [-0.3, -0.25) is 4.90 Å². The van der Waals surface area contributed by atoms with Gasteiger partial charge in [0.15, 0.2) is 0 Å². The van der Waals surface area contributed by atoms with E-state index >= 15 is 0 Å². The fourth-order valence-corrected chi connectivity index (χ4v) is 2.42. The van der Waals surface area contributed by atoms with Crippen molar-refractivity contribution >= 4 is 0 Å². The molecule has 86 valence electrons. The zero-order valence-corrected chi connectivity index (χ0v) is 9.68. The molecule has 0 bridgehead atoms. The second-order valence-corrected chi connectivity index (χ2v) is 4.63. The lowest BCUT2D eigenvalue weighted by molar-refractivity contribution is 0.316. The molecule has 0 saturated carbocycles. The van der Waals surface area contributed by atoms with Crippen molar-refractivity contribution in [2.24, 2.45) is 11.7 Å². The van der Waals surface area contributed by atoms with E-state index in [4.69, 9.17) is 5.73 Å². The number of nitrogens with zero attached hydrogens (tertiary/aromatic N) is 1. The van der Waals surface area contributed by atoms with Crippen LogP contribution in [0.2, 0.25) is 0 Å². The van der Waals surface area contributed by atoms with Crippen molar-refractivity contribution in [1.29, 1.82) is 0 Å². The Kier molecular flexibility index (Phi) is 3.75. The van der Waals surface area contributed by atoms with E-state index in [1.165, 1.54) is 5.56 Å². The summed E-state index contributed by atoms with van der Waals surface area (Å²) in [5.41, 5.74) is 7.49. The summed E-state index contributed by atoms with van der Waals surface area (Å²) >= 11 is 0. The summed E-state index contributed by atoms with van der Waals surface area (Å²) in [6.07, 6.45) is 3.02. The highest BCUT2D eigenvalue weighted by Crippen LogP contribution is 2.20. The van der Waals surface area contributed by atoms with Gasteiger partial charge in [0.25, 0.3) is 0 Å². The molecule has 0 aromatic heterocycles. The normalized spacial score (nSPS) is 25.8. The molecule has 0 spiro atoms. The molecule has 1 aromatic rings. The summed E-state index contributed by atoms with van der Waals surface area (Å²) in [6.45, 7) is 6.92. The van der Waals surface area contributed by atoms with E-state index in [0.717, 1.165) is 26.1 Å². The van der Waals surface area contributed by atoms with Crippen LogP contribution in [0.1, 0.15) is 12.0 Å². The minimum atomic E-state index is 0.307. The Morgan fingerprint density at radius 2 is 2.06 bits per heavy atom. The number of allylic oxidation sites excluding steroid dienone is 1. The molecular formula is C14H20N2. The van der Waals surface area contributed by atoms with Crippen LogP contribution in [0.3, 0.4) is 0 Å². The Bertz CT molecular complexity index is 334. The maximum absolute atomic E-state index is 6.12. The van der Waals surface area contributed by atoms with Gasteiger partial charge in [-0.15, -0.1) is 6.58 Å². The molecule has 1 saturated heterocycles. The molecule has 1 heterocycles. The van der Waals surface area contributed by atoms with Gasteiger partial charge in [-0.1, -0.05) is 36.4 Å². The quantitative estimate of drug-likeness (QED) is 0.780. The molecule has 2 atom stereocenters. The highest BCUT2D eigenvalue weighted by Gasteiger charge is 2.28. The van der Waals surface area contributed by atoms with E-state index in [0.29, 0.717) is 12.0 Å². The number of hydrogen-bond donors (Lipinski definition) is 1. The van der Waals surface area contributed by atoms with Crippen LogP contribution in [0.5, 0.6) is 0 Å². The molecule has 0 aliphatic carbocycles. The molecule has 1 aliphatic rings. The van der Waals surface area contributed by atoms with E-state index in [1.54, 1.807) is 0 Å². The van der Waals surface area contributed by atoms with Crippen molar-refractivity contribution in [3.63, 3.8) is 0 Å². The SMILES string of the molecule is C=CC[C@H]1CN(Cc2ccccc2)C[C@H]1N. The topological polar surface area (TPSA) is 29.3 Å². The van der Waals surface area contributed by atoms with Crippen molar-refractivity contribution < 1.29 is 0 Å². The van der Waals surface area contributed by atoms with Crippen LogP contribution in [-0.4, -0.2) is 24.0 Å². The molecule has 16 heavy (non-hydrogen) atoms. The van der Waals surface area contributed by atoms with Crippen LogP contribution in [0.25, 0.3) is 0 Å². The molecule has 2 heteroatoms. The van der Waals surface area contributed by atoms with E-state index < -0.39 is 0 Å². The third kappa shape index (κ3) is 2.71. The van der Waals surface area contributed by atoms with Gasteiger partial charge in [0, 0.05) is 25.7 Å². The van der Waals surface area contributed by atoms with Gasteiger partial charge >= 0.3 is 0 Å². The monoisotopic (exact) mass is 216 g/mol. The molecule has 2 rings (SSSR count). The van der Waals surface area contributed by atoms with Crippen LogP contribution >= 0.6 is 0 Å². The third-order valence-electron chi connectivity index (χ3n) is 3.29. The summed E-state index contributed by atoms with van der Waals surface area (Å²) in [7, 11) is 0. The number of hydrogen-bond acceptors (Lipinski definition) is 2. The first-order valence-corrected chi connectivity index (χ1v) is 5.92. The van der Waals surface area contributed by atoms with Gasteiger partial charge in [0.1, 0.15) is 0 Å². The zero-order valence-electron chi connectivity index (χ0n) is 9.68. The van der Waals surface area contributed by atoms with Gasteiger partial charge in [-0.25, -0.2) is 0 Å². The van der Waals surface area contributed by atoms with E-state index in [-0.39, 0.29) is 0 Å². The van der Waals surface area contributed by atoms with Crippen molar-refractivity contribution in [3.8, 4) is 0 Å². The Morgan fingerprint density at radius 1 is 1.31 bits per heavy atom. The molecule has 2 N–H and O–H groups in total. The van der Waals surface area contributed by atoms with Gasteiger partial charge in [0.05, 0.1) is 0 Å². The van der Waals surface area contributed by atoms with Crippen LogP contribution in [0, 0.1) is 5.92 Å². The molecule has 2 nitrogen and oxygen atoms in total. The van der Waals surface area contributed by atoms with Crippen LogP contribution in [-0.2, 0) is 6.54 Å². The van der Waals surface area contributed by atoms with E-state index in [1.807, 2.05) is 6.08 Å². The average Bonchev–Trinajstić information content (AvgIpc) is 2.61. The average molecular weight is 216 g/mol. The summed E-state index contributed by atoms with van der Waals surface area (Å²) in [5, 5.41) is 0. The molecule has 1 aromatic carbocycles. The molecule has 1 aliphatic heterocycles. The maximum Gasteiger partial charge on any atom is 0.0234 e. The first-order chi connectivity index (χ1) is 7.79. The lowest BCUT2D eigenvalue weighted by atomic mass is 10.0. The standard InChI is InChI=1S/C14H20N2/c1-2-6-13-10-16(11-14(13)15)9-12-7-4-3-5-8-12/h2-5,7-8,13-14H,1,6,9-11,15H2/t13-,14+/m0/s1. The molecule has 0 amide bonds. The minimum Gasteiger partial charge on any atom is -0.326 e. The summed E-state index contributed by atoms with van der Waals surface area (Å²) in [6, 6.07) is 10.9. The molecule has 0 unspecified atom stereocenters. The first kappa shape index (κ1) is 11.4. The van der Waals surface area contributed by atoms with Gasteiger partial charge in [-0.2, -0.15) is 0 Å². The van der Waals surface area contributed by atoms with Crippen molar-refractivity contribution in [2.45, 2.75) is 19.0 Å². The Labute approximate surface area is 97.8 Å². The summed E-state index contributed by atoms with van der Waals surface area (Å²) < 4.78 is 0. The smallest absolute Gasteiger partial charge is 0.0234 e. The van der Waals surface area contributed by atoms with Crippen LogP contribution in [0.15, 0.2) is 43.0 Å². The fourth-order valence-electron chi connectivity index (χ4n) is 2.42. The van der Waals surface area contributed by atoms with Gasteiger partial charge in [-0.05, 0) is 17.9 Å². The van der Waals surface area contributed by atoms with E-state index in [2.05, 4.69) is 41.8 Å². The minimum absolute atomic E-state index is 0.307. The Balaban J connectivity index is 1.91. The number of likely N-dealkylation sites (tertiary alicyclic amines) is 1. The van der Waals surface area contributed by atoms with Crippen LogP contribution in [0.4, 0.5) is 0 Å². The van der Waals surface area contributed by atoms with Crippen molar-refractivity contribution in [3.05, 3.63) is 48.6 Å². The number of rotatable bonds is 4. The first-order valence-electron chi connectivity index (χ1n) is 5.92. The van der Waals surface area contributed by atoms with Gasteiger partial charge < -0.3 is 5.73 Å². The fraction of sp³-hybridized carbons (Fsp3) is 0.429. The maximum atomic E-state index is 6.12. The van der Waals surface area contributed by atoms with Crippen molar-refractivity contribution in [1.82, 2.24) is 4.90 Å². The number of benzene rings is 1. The Morgan fingerprint density at radius 3 is 2.75 bits per heavy atom. The highest BCUT2D eigenvalue weighted by atomic mass is 15.2. The van der Waals surface area contributed by atoms with Gasteiger partial charge in [0.2, 0.25) is 0 Å². The summed E-state index contributed by atoms with van der Waals surface area (Å²) in [5.74, 6) is 0.584. The van der Waals surface area contributed by atoms with Crippen LogP contribution < -0.4 is 5.73 Å². The second-order valence-electron chi connectivity index (χ2n) is 4.63. The second kappa shape index (κ2) is 5.28. The molecule has 1 fully saturated rings. The lowest BCUT2D eigenvalue weighted by Crippen LogP contribution is -2.29. The zero-order chi connectivity index (χ0) is 11.4. The molecule has 0 radical (unpaired) electrons. The highest BCUT2D eigenvalue weighted by molar-refractivity contribution is 5.14. The lowest BCUT2D eigenvalue weighted by Gasteiger charge is -2.15. The summed E-state index contributed by atoms with van der Waals surface area (Å²) in [4.78, 5) is 2.44. The Hall–Kier alpha value is -1.12. The molecular weight excluding hydrogens is 196 g/mol.